The Balaban J connectivity index is 1.63. The molecule has 1 heteroatoms. The number of allylic oxidation sites excluding steroid dienone is 2. The summed E-state index contributed by atoms with van der Waals surface area (Å²) < 4.78 is 0. The van der Waals surface area contributed by atoms with Gasteiger partial charge in [0.15, 0.2) is 0 Å². The summed E-state index contributed by atoms with van der Waals surface area (Å²) in [6, 6.07) is 11.1. The van der Waals surface area contributed by atoms with Crippen LogP contribution in [0.1, 0.15) is 40.8 Å². The molecule has 0 radical (unpaired) electrons. The van der Waals surface area contributed by atoms with Crippen LogP contribution >= 0.6 is 11.3 Å². The molecule has 0 saturated heterocycles. The molecule has 1 aliphatic rings. The van der Waals surface area contributed by atoms with Crippen molar-refractivity contribution < 1.29 is 0 Å². The standard InChI is InChI=1S/C19H20S/c1-14(8-9-15(2)19-7-4-12-20-19)17-11-10-16-5-3-6-18(16)13-17/h4,7,10-13H,1-3,5-6,8-9H2. The summed E-state index contributed by atoms with van der Waals surface area (Å²) in [7, 11) is 0. The van der Waals surface area contributed by atoms with E-state index >= 15 is 0 Å². The van der Waals surface area contributed by atoms with Gasteiger partial charge in [-0.25, -0.2) is 0 Å². The number of hydrogen-bond acceptors (Lipinski definition) is 1. The van der Waals surface area contributed by atoms with Crippen LogP contribution in [0.5, 0.6) is 0 Å². The molecule has 1 aromatic carbocycles. The lowest BCUT2D eigenvalue weighted by molar-refractivity contribution is 0.911. The van der Waals surface area contributed by atoms with Crippen LogP contribution in [0.3, 0.4) is 0 Å². The van der Waals surface area contributed by atoms with Crippen molar-refractivity contribution in [3.63, 3.8) is 0 Å². The predicted molar refractivity (Wildman–Crippen MR) is 90.1 cm³/mol. The summed E-state index contributed by atoms with van der Waals surface area (Å²) in [4.78, 5) is 1.30. The lowest BCUT2D eigenvalue weighted by Crippen LogP contribution is -1.89. The third kappa shape index (κ3) is 2.78. The van der Waals surface area contributed by atoms with E-state index in [1.54, 1.807) is 11.3 Å². The van der Waals surface area contributed by atoms with Gasteiger partial charge in [-0.15, -0.1) is 11.3 Å². The molecular weight excluding hydrogens is 260 g/mol. The van der Waals surface area contributed by atoms with Gasteiger partial charge in [-0.1, -0.05) is 37.4 Å². The van der Waals surface area contributed by atoms with Crippen LogP contribution in [-0.2, 0) is 12.8 Å². The van der Waals surface area contributed by atoms with E-state index in [4.69, 9.17) is 0 Å². The number of rotatable bonds is 5. The highest BCUT2D eigenvalue weighted by molar-refractivity contribution is 7.11. The van der Waals surface area contributed by atoms with E-state index in [9.17, 15) is 0 Å². The molecule has 0 amide bonds. The Kier molecular flexibility index (Phi) is 3.88. The van der Waals surface area contributed by atoms with Crippen LogP contribution in [0.25, 0.3) is 11.1 Å². The Morgan fingerprint density at radius 2 is 1.80 bits per heavy atom. The van der Waals surface area contributed by atoms with Gasteiger partial charge in [0.1, 0.15) is 0 Å². The van der Waals surface area contributed by atoms with Gasteiger partial charge in [-0.05, 0) is 71.4 Å². The maximum Gasteiger partial charge on any atom is 0.0296 e. The molecule has 1 aliphatic carbocycles. The minimum Gasteiger partial charge on any atom is -0.144 e. The number of benzene rings is 1. The molecule has 0 aliphatic heterocycles. The summed E-state index contributed by atoms with van der Waals surface area (Å²) in [5, 5.41) is 2.11. The predicted octanol–water partition coefficient (Wildman–Crippen LogP) is 5.74. The number of aryl methyl sites for hydroxylation is 2. The fourth-order valence-corrected chi connectivity index (χ4v) is 3.57. The number of fused-ring (bicyclic) bond motifs is 1. The Bertz CT molecular complexity index is 632. The monoisotopic (exact) mass is 280 g/mol. The molecule has 1 aromatic heterocycles. The second-order valence-corrected chi connectivity index (χ2v) is 6.47. The lowest BCUT2D eigenvalue weighted by Gasteiger charge is -2.09. The largest absolute Gasteiger partial charge is 0.144 e. The number of hydrogen-bond donors (Lipinski definition) is 0. The zero-order valence-corrected chi connectivity index (χ0v) is 12.6. The van der Waals surface area contributed by atoms with Crippen molar-refractivity contribution in [2.24, 2.45) is 0 Å². The first-order valence-corrected chi connectivity index (χ1v) is 8.13. The van der Waals surface area contributed by atoms with Gasteiger partial charge in [0.2, 0.25) is 0 Å². The average Bonchev–Trinajstić information content (AvgIpc) is 3.13. The van der Waals surface area contributed by atoms with Crippen molar-refractivity contribution in [2.75, 3.05) is 0 Å². The van der Waals surface area contributed by atoms with E-state index in [0.29, 0.717) is 0 Å². The first-order valence-electron chi connectivity index (χ1n) is 7.25. The molecule has 3 rings (SSSR count). The van der Waals surface area contributed by atoms with Gasteiger partial charge >= 0.3 is 0 Å². The van der Waals surface area contributed by atoms with Gasteiger partial charge < -0.3 is 0 Å². The maximum atomic E-state index is 4.27. The quantitative estimate of drug-likeness (QED) is 0.654. The number of thiophene rings is 1. The first-order chi connectivity index (χ1) is 9.74. The van der Waals surface area contributed by atoms with Gasteiger partial charge in [0.25, 0.3) is 0 Å². The molecule has 102 valence electrons. The third-order valence-electron chi connectivity index (χ3n) is 4.10. The highest BCUT2D eigenvalue weighted by Crippen LogP contribution is 2.29. The molecule has 2 aromatic rings. The molecule has 0 bridgehead atoms. The van der Waals surface area contributed by atoms with E-state index in [1.165, 1.54) is 52.0 Å². The van der Waals surface area contributed by atoms with Crippen molar-refractivity contribution in [1.82, 2.24) is 0 Å². The van der Waals surface area contributed by atoms with E-state index in [0.717, 1.165) is 12.8 Å². The Morgan fingerprint density at radius 3 is 2.60 bits per heavy atom. The molecule has 0 N–H and O–H groups in total. The van der Waals surface area contributed by atoms with Crippen molar-refractivity contribution in [3.05, 3.63) is 70.4 Å². The summed E-state index contributed by atoms with van der Waals surface area (Å²) in [6.45, 7) is 8.46. The molecule has 0 saturated carbocycles. The molecular formula is C19H20S. The molecule has 0 atom stereocenters. The normalized spacial score (nSPS) is 13.2. The molecule has 20 heavy (non-hydrogen) atoms. The van der Waals surface area contributed by atoms with Crippen LogP contribution < -0.4 is 0 Å². The minimum absolute atomic E-state index is 0.996. The van der Waals surface area contributed by atoms with Crippen molar-refractivity contribution in [2.45, 2.75) is 32.1 Å². The molecule has 0 nitrogen and oxygen atoms in total. The third-order valence-corrected chi connectivity index (χ3v) is 5.08. The Labute approximate surface area is 125 Å². The zero-order chi connectivity index (χ0) is 13.9. The van der Waals surface area contributed by atoms with Crippen molar-refractivity contribution in [1.29, 1.82) is 0 Å². The maximum absolute atomic E-state index is 4.27. The van der Waals surface area contributed by atoms with Crippen LogP contribution in [0.2, 0.25) is 0 Å². The summed E-state index contributed by atoms with van der Waals surface area (Å²) in [5.41, 5.74) is 6.83. The summed E-state index contributed by atoms with van der Waals surface area (Å²) >= 11 is 1.77. The SMILES string of the molecule is C=C(CCC(=C)c1cccs1)c1ccc2c(c1)CCC2. The smallest absolute Gasteiger partial charge is 0.0296 e. The van der Waals surface area contributed by atoms with E-state index in [2.05, 4.69) is 48.9 Å². The van der Waals surface area contributed by atoms with Crippen LogP contribution in [-0.4, -0.2) is 0 Å². The topological polar surface area (TPSA) is 0 Å². The molecule has 1 heterocycles. The van der Waals surface area contributed by atoms with Gasteiger partial charge in [-0.3, -0.25) is 0 Å². The van der Waals surface area contributed by atoms with E-state index < -0.39 is 0 Å². The fraction of sp³-hybridized carbons (Fsp3) is 0.263. The second kappa shape index (κ2) is 5.80. The van der Waals surface area contributed by atoms with Gasteiger partial charge in [0, 0.05) is 4.88 Å². The Hall–Kier alpha value is -1.60. The van der Waals surface area contributed by atoms with Crippen LogP contribution in [0, 0.1) is 0 Å². The zero-order valence-electron chi connectivity index (χ0n) is 11.8. The van der Waals surface area contributed by atoms with E-state index in [-0.39, 0.29) is 0 Å². The second-order valence-electron chi connectivity index (χ2n) is 5.52. The van der Waals surface area contributed by atoms with Crippen LogP contribution in [0.4, 0.5) is 0 Å². The fourth-order valence-electron chi connectivity index (χ4n) is 2.84. The Morgan fingerprint density at radius 1 is 1.00 bits per heavy atom. The van der Waals surface area contributed by atoms with Gasteiger partial charge in [-0.2, -0.15) is 0 Å². The van der Waals surface area contributed by atoms with Gasteiger partial charge in [0.05, 0.1) is 0 Å². The highest BCUT2D eigenvalue weighted by atomic mass is 32.1. The first kappa shape index (κ1) is 13.4. The lowest BCUT2D eigenvalue weighted by atomic mass is 9.97. The average molecular weight is 280 g/mol. The minimum atomic E-state index is 0.996. The van der Waals surface area contributed by atoms with Crippen LogP contribution in [0.15, 0.2) is 48.9 Å². The van der Waals surface area contributed by atoms with Crippen molar-refractivity contribution >= 4 is 22.5 Å². The summed E-state index contributed by atoms with van der Waals surface area (Å²) in [5.74, 6) is 0. The summed E-state index contributed by atoms with van der Waals surface area (Å²) in [6.07, 6.45) is 5.78. The van der Waals surface area contributed by atoms with E-state index in [1.807, 2.05) is 0 Å². The van der Waals surface area contributed by atoms with Crippen molar-refractivity contribution in [3.8, 4) is 0 Å². The molecule has 0 spiro atoms. The highest BCUT2D eigenvalue weighted by Gasteiger charge is 2.12. The molecule has 0 fully saturated rings. The molecule has 0 unspecified atom stereocenters.